The van der Waals surface area contributed by atoms with Gasteiger partial charge >= 0.3 is 11.9 Å². The Labute approximate surface area is 117 Å². The molecule has 2 aromatic carbocycles. The van der Waals surface area contributed by atoms with E-state index in [0.717, 1.165) is 10.6 Å². The lowest BCUT2D eigenvalue weighted by Gasteiger charge is -2.17. The van der Waals surface area contributed by atoms with Crippen molar-refractivity contribution in [2.45, 2.75) is 0 Å². The third-order valence-corrected chi connectivity index (χ3v) is 5.35. The molecule has 0 spiro atoms. The first-order valence-corrected chi connectivity index (χ1v) is 7.48. The molecule has 3 nitrogen and oxygen atoms in total. The molecule has 0 aliphatic carbocycles. The first-order chi connectivity index (χ1) is 9.75. The van der Waals surface area contributed by atoms with Crippen molar-refractivity contribution in [2.24, 2.45) is 0 Å². The number of cyclic esters (lactones) is 2. The molecule has 20 heavy (non-hydrogen) atoms. The van der Waals surface area contributed by atoms with Crippen LogP contribution in [0.15, 0.2) is 72.1 Å². The molecule has 0 fully saturated rings. The first-order valence-electron chi connectivity index (χ1n) is 6.14. The van der Waals surface area contributed by atoms with Crippen LogP contribution in [-0.2, 0) is 14.3 Å². The molecule has 98 valence electrons. The van der Waals surface area contributed by atoms with E-state index in [1.807, 2.05) is 60.7 Å². The molecule has 0 saturated carbocycles. The van der Waals surface area contributed by atoms with E-state index in [0.29, 0.717) is 5.31 Å². The molecule has 0 aromatic heterocycles. The van der Waals surface area contributed by atoms with Crippen LogP contribution in [0, 0.1) is 0 Å². The van der Waals surface area contributed by atoms with Crippen molar-refractivity contribution in [3.8, 4) is 0 Å². The first kappa shape index (κ1) is 12.8. The van der Waals surface area contributed by atoms with Gasteiger partial charge in [-0.05, 0) is 18.5 Å². The highest BCUT2D eigenvalue weighted by Crippen LogP contribution is 2.44. The van der Waals surface area contributed by atoms with Crippen LogP contribution in [-0.4, -0.2) is 11.9 Å². The number of carbonyl (C=O) groups is 2. The fraction of sp³-hybridized carbons (Fsp3) is 0. The summed E-state index contributed by atoms with van der Waals surface area (Å²) in [5.74, 6) is -1.11. The quantitative estimate of drug-likeness (QED) is 0.492. The molecule has 0 unspecified atom stereocenters. The zero-order valence-corrected chi connectivity index (χ0v) is 11.4. The molecule has 0 atom stereocenters. The molecule has 1 heterocycles. The molecule has 4 heteroatoms. The molecule has 0 bridgehead atoms. The van der Waals surface area contributed by atoms with Crippen LogP contribution in [0.1, 0.15) is 0 Å². The number of carbonyl (C=O) groups excluding carboxylic acids is 2. The molecule has 1 aliphatic rings. The van der Waals surface area contributed by atoms with E-state index in [-0.39, 0.29) is 0 Å². The van der Waals surface area contributed by atoms with Gasteiger partial charge in [-0.15, -0.1) is 0 Å². The Bertz CT molecular complexity index is 638. The Morgan fingerprint density at radius 1 is 0.750 bits per heavy atom. The van der Waals surface area contributed by atoms with E-state index in [1.165, 1.54) is 6.08 Å². The van der Waals surface area contributed by atoms with Crippen LogP contribution in [0.3, 0.4) is 0 Å². The minimum absolute atomic E-state index is 0.447. The lowest BCUT2D eigenvalue weighted by molar-refractivity contribution is -0.150. The highest BCUT2D eigenvalue weighted by atomic mass is 31.1. The van der Waals surface area contributed by atoms with Gasteiger partial charge in [0.15, 0.2) is 0 Å². The summed E-state index contributed by atoms with van der Waals surface area (Å²) < 4.78 is 4.64. The van der Waals surface area contributed by atoms with Crippen LogP contribution in [0.25, 0.3) is 0 Å². The summed E-state index contributed by atoms with van der Waals surface area (Å²) in [6.07, 6.45) is 1.31. The second-order valence-corrected chi connectivity index (χ2v) is 6.43. The summed E-state index contributed by atoms with van der Waals surface area (Å²) in [6, 6.07) is 19.4. The molecular weight excluding hydrogens is 271 g/mol. The van der Waals surface area contributed by atoms with Crippen LogP contribution in [0.2, 0.25) is 0 Å². The maximum absolute atomic E-state index is 11.9. The van der Waals surface area contributed by atoms with Gasteiger partial charge in [0.25, 0.3) is 0 Å². The second-order valence-electron chi connectivity index (χ2n) is 4.24. The van der Waals surface area contributed by atoms with Crippen LogP contribution >= 0.6 is 7.92 Å². The number of hydrogen-bond donors (Lipinski definition) is 0. The fourth-order valence-corrected chi connectivity index (χ4v) is 4.34. The Kier molecular flexibility index (Phi) is 3.44. The number of benzene rings is 2. The second kappa shape index (κ2) is 5.40. The highest BCUT2D eigenvalue weighted by molar-refractivity contribution is 7.77. The van der Waals surface area contributed by atoms with E-state index in [2.05, 4.69) is 4.74 Å². The van der Waals surface area contributed by atoms with Gasteiger partial charge in [0.1, 0.15) is 0 Å². The Morgan fingerprint density at radius 3 is 1.65 bits per heavy atom. The van der Waals surface area contributed by atoms with Crippen molar-refractivity contribution in [3.05, 3.63) is 72.1 Å². The standard InChI is InChI=1S/C16H11O3P/c17-15-11-14(16(18)19-15)20(12-7-3-1-4-8-12)13-9-5-2-6-10-13/h1-11H. The summed E-state index contributed by atoms with van der Waals surface area (Å²) in [4.78, 5) is 23.2. The predicted octanol–water partition coefficient (Wildman–Crippen LogP) is 2.09. The Morgan fingerprint density at radius 2 is 1.25 bits per heavy atom. The summed E-state index contributed by atoms with van der Waals surface area (Å²) in [5.41, 5.74) is 0. The average molecular weight is 282 g/mol. The van der Waals surface area contributed by atoms with Crippen molar-refractivity contribution in [1.29, 1.82) is 0 Å². The number of ether oxygens (including phenoxy) is 1. The highest BCUT2D eigenvalue weighted by Gasteiger charge is 2.32. The van der Waals surface area contributed by atoms with Gasteiger partial charge in [0, 0.05) is 6.08 Å². The van der Waals surface area contributed by atoms with Gasteiger partial charge in [-0.2, -0.15) is 0 Å². The lowest BCUT2D eigenvalue weighted by Crippen LogP contribution is -2.15. The third-order valence-electron chi connectivity index (χ3n) is 2.93. The van der Waals surface area contributed by atoms with Crippen molar-refractivity contribution in [1.82, 2.24) is 0 Å². The summed E-state index contributed by atoms with van der Waals surface area (Å²) >= 11 is 0. The molecule has 1 aliphatic heterocycles. The normalized spacial score (nSPS) is 14.3. The van der Waals surface area contributed by atoms with Crippen LogP contribution < -0.4 is 10.6 Å². The lowest BCUT2D eigenvalue weighted by atomic mass is 10.4. The van der Waals surface area contributed by atoms with E-state index < -0.39 is 19.9 Å². The minimum atomic E-state index is -1.05. The number of rotatable bonds is 3. The van der Waals surface area contributed by atoms with Gasteiger partial charge < -0.3 is 4.74 Å². The molecule has 0 N–H and O–H groups in total. The van der Waals surface area contributed by atoms with Gasteiger partial charge in [-0.1, -0.05) is 60.7 Å². The van der Waals surface area contributed by atoms with Crippen LogP contribution in [0.5, 0.6) is 0 Å². The SMILES string of the molecule is O=C1C=C(P(c2ccccc2)c2ccccc2)C(=O)O1. The fourth-order valence-electron chi connectivity index (χ4n) is 2.08. The third kappa shape index (κ3) is 2.40. The molecule has 3 rings (SSSR count). The van der Waals surface area contributed by atoms with Crippen molar-refractivity contribution in [3.63, 3.8) is 0 Å². The smallest absolute Gasteiger partial charge is 0.347 e. The number of hydrogen-bond acceptors (Lipinski definition) is 3. The van der Waals surface area contributed by atoms with Gasteiger partial charge in [0.05, 0.1) is 5.31 Å². The van der Waals surface area contributed by atoms with E-state index in [1.54, 1.807) is 0 Å². The molecule has 0 saturated heterocycles. The van der Waals surface area contributed by atoms with Crippen molar-refractivity contribution < 1.29 is 14.3 Å². The van der Waals surface area contributed by atoms with E-state index in [9.17, 15) is 9.59 Å². The summed E-state index contributed by atoms with van der Waals surface area (Å²) in [5, 5.41) is 2.49. The molecule has 0 radical (unpaired) electrons. The number of esters is 2. The zero-order chi connectivity index (χ0) is 13.9. The molecule has 2 aromatic rings. The molecule has 0 amide bonds. The van der Waals surface area contributed by atoms with Gasteiger partial charge in [0.2, 0.25) is 0 Å². The van der Waals surface area contributed by atoms with Crippen molar-refractivity contribution in [2.75, 3.05) is 0 Å². The largest absolute Gasteiger partial charge is 0.386 e. The topological polar surface area (TPSA) is 43.4 Å². The zero-order valence-electron chi connectivity index (χ0n) is 10.5. The van der Waals surface area contributed by atoms with Crippen LogP contribution in [0.4, 0.5) is 0 Å². The Hall–Kier alpha value is -2.25. The summed E-state index contributed by atoms with van der Waals surface area (Å²) in [6.45, 7) is 0. The maximum atomic E-state index is 11.9. The van der Waals surface area contributed by atoms with E-state index >= 15 is 0 Å². The predicted molar refractivity (Wildman–Crippen MR) is 78.3 cm³/mol. The van der Waals surface area contributed by atoms with Gasteiger partial charge in [-0.25, -0.2) is 9.59 Å². The minimum Gasteiger partial charge on any atom is -0.386 e. The Balaban J connectivity index is 2.12. The average Bonchev–Trinajstić information content (AvgIpc) is 2.80. The summed E-state index contributed by atoms with van der Waals surface area (Å²) in [7, 11) is -1.05. The van der Waals surface area contributed by atoms with E-state index in [4.69, 9.17) is 0 Å². The van der Waals surface area contributed by atoms with Crippen molar-refractivity contribution >= 4 is 30.5 Å². The monoisotopic (exact) mass is 282 g/mol. The molecular formula is C16H11O3P. The van der Waals surface area contributed by atoms with Gasteiger partial charge in [-0.3, -0.25) is 0 Å². The maximum Gasteiger partial charge on any atom is 0.347 e.